The van der Waals surface area contributed by atoms with Gasteiger partial charge in [0.25, 0.3) is 0 Å². The minimum atomic E-state index is -0.984. The van der Waals surface area contributed by atoms with E-state index in [0.29, 0.717) is 30.9 Å². The Labute approximate surface area is 207 Å². The molecule has 10 heteroatoms. The molecule has 2 aromatic rings. The molecule has 1 aliphatic heterocycles. The smallest absolute Gasteiger partial charge is 0.323 e. The SMILES string of the molecule is CC(=O)SC1CCN(C(C(=O)C2CC2)c2ccccc2F)C/C1=C/c1nccn1CC(=O)O.Cl. The van der Waals surface area contributed by atoms with Crippen LogP contribution >= 0.6 is 24.2 Å². The summed E-state index contributed by atoms with van der Waals surface area (Å²) in [7, 11) is 0. The van der Waals surface area contributed by atoms with Crippen LogP contribution in [-0.4, -0.2) is 54.8 Å². The third-order valence-electron chi connectivity index (χ3n) is 5.97. The van der Waals surface area contributed by atoms with Crippen molar-refractivity contribution in [3.05, 3.63) is 59.4 Å². The van der Waals surface area contributed by atoms with Crippen LogP contribution in [0, 0.1) is 11.7 Å². The Bertz CT molecular complexity index is 1100. The number of nitrogens with zero attached hydrogens (tertiary/aromatic N) is 3. The van der Waals surface area contributed by atoms with E-state index in [4.69, 9.17) is 0 Å². The van der Waals surface area contributed by atoms with Crippen molar-refractivity contribution >= 4 is 47.1 Å². The van der Waals surface area contributed by atoms with Gasteiger partial charge in [0.1, 0.15) is 18.2 Å². The zero-order valence-electron chi connectivity index (χ0n) is 18.7. The number of piperidine rings is 1. The molecule has 0 bridgehead atoms. The molecule has 1 saturated carbocycles. The summed E-state index contributed by atoms with van der Waals surface area (Å²) >= 11 is 1.22. The molecule has 0 spiro atoms. The third-order valence-corrected chi connectivity index (χ3v) is 7.12. The Kier molecular flexibility index (Phi) is 8.67. The minimum Gasteiger partial charge on any atom is -0.480 e. The van der Waals surface area contributed by atoms with Crippen molar-refractivity contribution in [2.24, 2.45) is 5.92 Å². The number of benzene rings is 1. The fourth-order valence-corrected chi connectivity index (χ4v) is 5.22. The van der Waals surface area contributed by atoms with Crippen molar-refractivity contribution in [3.8, 4) is 0 Å². The van der Waals surface area contributed by atoms with E-state index in [1.165, 1.54) is 35.5 Å². The summed E-state index contributed by atoms with van der Waals surface area (Å²) < 4.78 is 16.3. The van der Waals surface area contributed by atoms with E-state index in [9.17, 15) is 23.9 Å². The fourth-order valence-electron chi connectivity index (χ4n) is 4.30. The van der Waals surface area contributed by atoms with Gasteiger partial charge in [-0.1, -0.05) is 30.0 Å². The summed E-state index contributed by atoms with van der Waals surface area (Å²) in [6.07, 6.45) is 7.19. The summed E-state index contributed by atoms with van der Waals surface area (Å²) in [5.41, 5.74) is 1.24. The number of carbonyl (C=O) groups is 3. The summed E-state index contributed by atoms with van der Waals surface area (Å²) in [5.74, 6) is -0.925. The number of hydrogen-bond donors (Lipinski definition) is 1. The lowest BCUT2D eigenvalue weighted by atomic mass is 9.93. The van der Waals surface area contributed by atoms with Crippen molar-refractivity contribution in [3.63, 3.8) is 0 Å². The van der Waals surface area contributed by atoms with Crippen molar-refractivity contribution in [1.82, 2.24) is 14.5 Å². The molecule has 2 unspecified atom stereocenters. The highest BCUT2D eigenvalue weighted by atomic mass is 35.5. The number of rotatable bonds is 8. The molecule has 7 nitrogen and oxygen atoms in total. The Morgan fingerprint density at radius 2 is 2.00 bits per heavy atom. The van der Waals surface area contributed by atoms with Gasteiger partial charge in [-0.05, 0) is 37.0 Å². The first-order chi connectivity index (χ1) is 15.8. The highest BCUT2D eigenvalue weighted by Gasteiger charge is 2.41. The minimum absolute atomic E-state index is 0. The van der Waals surface area contributed by atoms with Crippen molar-refractivity contribution in [2.75, 3.05) is 13.1 Å². The van der Waals surface area contributed by atoms with E-state index in [1.807, 2.05) is 4.90 Å². The number of halogens is 2. The van der Waals surface area contributed by atoms with Crippen LogP contribution in [0.15, 0.2) is 42.2 Å². The molecule has 4 rings (SSSR count). The Balaban J connectivity index is 0.00000324. The Morgan fingerprint density at radius 3 is 2.65 bits per heavy atom. The Morgan fingerprint density at radius 1 is 1.26 bits per heavy atom. The summed E-state index contributed by atoms with van der Waals surface area (Å²) in [6.45, 7) is 2.19. The zero-order valence-corrected chi connectivity index (χ0v) is 20.4. The van der Waals surface area contributed by atoms with Crippen LogP contribution in [0.3, 0.4) is 0 Å². The molecule has 2 heterocycles. The molecular formula is C24H27ClFN3O4S. The number of Topliss-reactive ketones (excluding diaryl/α,β-unsaturated/α-hetero) is 1. The maximum absolute atomic E-state index is 14.8. The van der Waals surface area contributed by atoms with Crippen LogP contribution in [0.2, 0.25) is 0 Å². The van der Waals surface area contributed by atoms with Gasteiger partial charge in [0, 0.05) is 49.1 Å². The van der Waals surface area contributed by atoms with Gasteiger partial charge in [-0.2, -0.15) is 0 Å². The van der Waals surface area contributed by atoms with Gasteiger partial charge in [-0.15, -0.1) is 12.4 Å². The van der Waals surface area contributed by atoms with Crippen LogP contribution in [0.25, 0.3) is 6.08 Å². The second kappa shape index (κ2) is 11.3. The quantitative estimate of drug-likeness (QED) is 0.577. The number of imidazole rings is 1. The topological polar surface area (TPSA) is 92.5 Å². The van der Waals surface area contributed by atoms with E-state index >= 15 is 0 Å². The number of thioether (sulfide) groups is 1. The molecule has 182 valence electrons. The number of carboxylic acid groups (broad SMARTS) is 1. The van der Waals surface area contributed by atoms with E-state index in [-0.39, 0.29) is 41.0 Å². The fraction of sp³-hybridized carbons (Fsp3) is 0.417. The second-order valence-electron chi connectivity index (χ2n) is 8.48. The number of aliphatic carboxylic acids is 1. The van der Waals surface area contributed by atoms with Gasteiger partial charge in [-0.3, -0.25) is 19.3 Å². The lowest BCUT2D eigenvalue weighted by Crippen LogP contribution is -2.43. The third kappa shape index (κ3) is 6.14. The molecule has 1 saturated heterocycles. The molecule has 1 aromatic heterocycles. The molecule has 2 fully saturated rings. The maximum atomic E-state index is 14.8. The first-order valence-electron chi connectivity index (χ1n) is 11.0. The molecular weight excluding hydrogens is 481 g/mol. The van der Waals surface area contributed by atoms with Gasteiger partial charge < -0.3 is 9.67 Å². The largest absolute Gasteiger partial charge is 0.480 e. The predicted molar refractivity (Wildman–Crippen MR) is 130 cm³/mol. The average Bonchev–Trinajstić information content (AvgIpc) is 3.53. The number of ketones is 1. The van der Waals surface area contributed by atoms with Crippen LogP contribution < -0.4 is 0 Å². The van der Waals surface area contributed by atoms with E-state index in [0.717, 1.165) is 18.4 Å². The normalized spacial score (nSPS) is 20.5. The van der Waals surface area contributed by atoms with Gasteiger partial charge in [-0.25, -0.2) is 9.37 Å². The summed E-state index contributed by atoms with van der Waals surface area (Å²) in [5, 5.41) is 9.03. The molecule has 1 aromatic carbocycles. The van der Waals surface area contributed by atoms with Crippen LogP contribution in [-0.2, 0) is 20.9 Å². The number of carbonyl (C=O) groups excluding carboxylic acids is 2. The Hall–Kier alpha value is -2.49. The van der Waals surface area contributed by atoms with Gasteiger partial charge in [0.2, 0.25) is 0 Å². The second-order valence-corrected chi connectivity index (χ2v) is 9.86. The molecule has 1 N–H and O–H groups in total. The summed E-state index contributed by atoms with van der Waals surface area (Å²) in [4.78, 5) is 42.6. The molecule has 2 aliphatic rings. The van der Waals surface area contributed by atoms with Gasteiger partial charge in [0.05, 0.1) is 6.04 Å². The highest BCUT2D eigenvalue weighted by molar-refractivity contribution is 8.14. The molecule has 0 amide bonds. The monoisotopic (exact) mass is 507 g/mol. The number of likely N-dealkylation sites (tertiary alicyclic amines) is 1. The van der Waals surface area contributed by atoms with E-state index in [2.05, 4.69) is 4.98 Å². The van der Waals surface area contributed by atoms with Crippen molar-refractivity contribution < 1.29 is 23.9 Å². The predicted octanol–water partition coefficient (Wildman–Crippen LogP) is 3.99. The standard InChI is InChI=1S/C24H26FN3O4S.ClH/c1-15(29)33-20-8-10-28(13-17(20)12-21-26-9-11-27(21)14-22(30)31)23(24(32)16-6-7-16)18-4-2-3-5-19(18)25;/h2-5,9,11-12,16,20,23H,6-8,10,13-14H2,1H3,(H,30,31);1H/b17-12-;. The van der Waals surface area contributed by atoms with Crippen LogP contribution in [0.4, 0.5) is 4.39 Å². The van der Waals surface area contributed by atoms with Crippen molar-refractivity contribution in [1.29, 1.82) is 0 Å². The molecule has 2 atom stereocenters. The summed E-state index contributed by atoms with van der Waals surface area (Å²) in [6, 6.07) is 5.70. The lowest BCUT2D eigenvalue weighted by molar-refractivity contribution is -0.137. The molecule has 0 radical (unpaired) electrons. The first kappa shape index (κ1) is 26.1. The van der Waals surface area contributed by atoms with Gasteiger partial charge >= 0.3 is 5.97 Å². The average molecular weight is 508 g/mol. The lowest BCUT2D eigenvalue weighted by Gasteiger charge is -2.38. The van der Waals surface area contributed by atoms with Crippen LogP contribution in [0.5, 0.6) is 0 Å². The number of carboxylic acids is 1. The van der Waals surface area contributed by atoms with Crippen molar-refractivity contribution in [2.45, 2.75) is 44.0 Å². The molecule has 1 aliphatic carbocycles. The highest BCUT2D eigenvalue weighted by Crippen LogP contribution is 2.40. The maximum Gasteiger partial charge on any atom is 0.323 e. The van der Waals surface area contributed by atoms with E-state index in [1.54, 1.807) is 30.5 Å². The zero-order chi connectivity index (χ0) is 23.5. The molecule has 34 heavy (non-hydrogen) atoms. The van der Waals surface area contributed by atoms with Gasteiger partial charge in [0.15, 0.2) is 10.9 Å². The number of hydrogen-bond acceptors (Lipinski definition) is 6. The van der Waals surface area contributed by atoms with E-state index < -0.39 is 17.8 Å². The first-order valence-corrected chi connectivity index (χ1v) is 11.8. The van der Waals surface area contributed by atoms with Crippen LogP contribution in [0.1, 0.15) is 43.6 Å². The number of aromatic nitrogens is 2.